The van der Waals surface area contributed by atoms with E-state index < -0.39 is 11.4 Å². The molecule has 114 valence electrons. The third-order valence-corrected chi connectivity index (χ3v) is 4.35. The van der Waals surface area contributed by atoms with Crippen LogP contribution in [0.3, 0.4) is 0 Å². The minimum Gasteiger partial charge on any atom is -0.481 e. The molecule has 2 amide bonds. The zero-order chi connectivity index (χ0) is 14.6. The molecule has 0 bridgehead atoms. The number of piperidine rings is 1. The molecule has 2 aliphatic rings. The lowest BCUT2D eigenvalue weighted by Crippen LogP contribution is -2.51. The fourth-order valence-electron chi connectivity index (χ4n) is 2.89. The van der Waals surface area contributed by atoms with Gasteiger partial charge in [-0.15, -0.1) is 0 Å². The minimum absolute atomic E-state index is 0.143. The molecule has 2 saturated heterocycles. The van der Waals surface area contributed by atoms with E-state index in [0.717, 1.165) is 32.5 Å². The first-order valence-corrected chi connectivity index (χ1v) is 7.35. The Morgan fingerprint density at radius 3 is 2.95 bits per heavy atom. The average molecular weight is 284 g/mol. The standard InChI is InChI=1S/C14H24N2O4/c1-14(12(17)18)5-2-7-16(10-14)13(19)15-6-3-11-4-8-20-9-11/h11H,2-10H2,1H3,(H,15,19)(H,17,18). The first kappa shape index (κ1) is 15.1. The Kier molecular flexibility index (Phi) is 4.86. The van der Waals surface area contributed by atoms with Crippen molar-refractivity contribution >= 4 is 12.0 Å². The normalized spacial score (nSPS) is 30.2. The molecule has 2 unspecified atom stereocenters. The Morgan fingerprint density at radius 1 is 1.50 bits per heavy atom. The monoisotopic (exact) mass is 284 g/mol. The number of carboxylic acid groups (broad SMARTS) is 1. The summed E-state index contributed by atoms with van der Waals surface area (Å²) in [6.45, 7) is 4.89. The molecule has 2 heterocycles. The molecule has 0 saturated carbocycles. The fraction of sp³-hybridized carbons (Fsp3) is 0.857. The van der Waals surface area contributed by atoms with Crippen molar-refractivity contribution in [2.75, 3.05) is 32.8 Å². The van der Waals surface area contributed by atoms with Gasteiger partial charge in [0.05, 0.1) is 5.41 Å². The van der Waals surface area contributed by atoms with E-state index in [0.29, 0.717) is 32.0 Å². The highest BCUT2D eigenvalue weighted by Gasteiger charge is 2.39. The van der Waals surface area contributed by atoms with Gasteiger partial charge in [-0.3, -0.25) is 4.79 Å². The first-order chi connectivity index (χ1) is 9.51. The van der Waals surface area contributed by atoms with Gasteiger partial charge in [0.2, 0.25) is 0 Å². The summed E-state index contributed by atoms with van der Waals surface area (Å²) in [4.78, 5) is 25.0. The third kappa shape index (κ3) is 3.62. The number of carboxylic acids is 1. The molecule has 6 nitrogen and oxygen atoms in total. The molecule has 6 heteroatoms. The predicted octanol–water partition coefficient (Wildman–Crippen LogP) is 1.31. The van der Waals surface area contributed by atoms with Crippen LogP contribution in [0.15, 0.2) is 0 Å². The third-order valence-electron chi connectivity index (χ3n) is 4.35. The molecule has 0 aromatic rings. The van der Waals surface area contributed by atoms with Gasteiger partial charge in [0.1, 0.15) is 0 Å². The van der Waals surface area contributed by atoms with Crippen LogP contribution in [-0.4, -0.2) is 54.9 Å². The van der Waals surface area contributed by atoms with E-state index in [4.69, 9.17) is 4.74 Å². The number of hydrogen-bond donors (Lipinski definition) is 2. The van der Waals surface area contributed by atoms with Crippen LogP contribution in [0.2, 0.25) is 0 Å². The Hall–Kier alpha value is -1.30. The van der Waals surface area contributed by atoms with Gasteiger partial charge < -0.3 is 20.1 Å². The molecule has 0 aromatic heterocycles. The number of aliphatic carboxylic acids is 1. The van der Waals surface area contributed by atoms with Gasteiger partial charge >= 0.3 is 12.0 Å². The molecule has 2 atom stereocenters. The van der Waals surface area contributed by atoms with Crippen LogP contribution < -0.4 is 5.32 Å². The number of ether oxygens (including phenoxy) is 1. The molecule has 2 fully saturated rings. The zero-order valence-electron chi connectivity index (χ0n) is 12.1. The molecule has 0 spiro atoms. The van der Waals surface area contributed by atoms with Gasteiger partial charge in [-0.1, -0.05) is 0 Å². The molecule has 0 radical (unpaired) electrons. The van der Waals surface area contributed by atoms with Crippen LogP contribution in [0.1, 0.15) is 32.6 Å². The van der Waals surface area contributed by atoms with Crippen LogP contribution >= 0.6 is 0 Å². The van der Waals surface area contributed by atoms with Crippen molar-refractivity contribution < 1.29 is 19.4 Å². The number of rotatable bonds is 4. The maximum atomic E-state index is 12.1. The van der Waals surface area contributed by atoms with E-state index in [1.165, 1.54) is 0 Å². The van der Waals surface area contributed by atoms with E-state index in [2.05, 4.69) is 5.32 Å². The van der Waals surface area contributed by atoms with Crippen LogP contribution in [0.5, 0.6) is 0 Å². The van der Waals surface area contributed by atoms with E-state index in [9.17, 15) is 14.7 Å². The van der Waals surface area contributed by atoms with Crippen LogP contribution in [0, 0.1) is 11.3 Å². The number of amides is 2. The first-order valence-electron chi connectivity index (χ1n) is 7.35. The van der Waals surface area contributed by atoms with Crippen molar-refractivity contribution in [1.29, 1.82) is 0 Å². The second kappa shape index (κ2) is 6.43. The number of likely N-dealkylation sites (tertiary alicyclic amines) is 1. The number of nitrogens with one attached hydrogen (secondary N) is 1. The van der Waals surface area contributed by atoms with Crippen LogP contribution in [-0.2, 0) is 9.53 Å². The second-order valence-electron chi connectivity index (χ2n) is 6.14. The number of hydrogen-bond acceptors (Lipinski definition) is 3. The van der Waals surface area contributed by atoms with E-state index in [1.807, 2.05) is 0 Å². The maximum absolute atomic E-state index is 12.1. The summed E-state index contributed by atoms with van der Waals surface area (Å²) < 4.78 is 5.30. The smallest absolute Gasteiger partial charge is 0.317 e. The molecule has 20 heavy (non-hydrogen) atoms. The quantitative estimate of drug-likeness (QED) is 0.816. The Morgan fingerprint density at radius 2 is 2.30 bits per heavy atom. The van der Waals surface area contributed by atoms with Gasteiger partial charge in [0.25, 0.3) is 0 Å². The topological polar surface area (TPSA) is 78.9 Å². The van der Waals surface area contributed by atoms with Crippen molar-refractivity contribution in [2.24, 2.45) is 11.3 Å². The van der Waals surface area contributed by atoms with Gasteiger partial charge in [-0.25, -0.2) is 4.79 Å². The summed E-state index contributed by atoms with van der Waals surface area (Å²) in [6, 6.07) is -0.143. The molecule has 0 aromatic carbocycles. The van der Waals surface area contributed by atoms with Crippen molar-refractivity contribution in [3.8, 4) is 0 Å². The highest BCUT2D eigenvalue weighted by atomic mass is 16.5. The van der Waals surface area contributed by atoms with Crippen molar-refractivity contribution in [3.63, 3.8) is 0 Å². The Balaban J connectivity index is 1.75. The van der Waals surface area contributed by atoms with Crippen LogP contribution in [0.4, 0.5) is 4.79 Å². The zero-order valence-corrected chi connectivity index (χ0v) is 12.1. The van der Waals surface area contributed by atoms with Gasteiger partial charge in [0.15, 0.2) is 0 Å². The molecular weight excluding hydrogens is 260 g/mol. The van der Waals surface area contributed by atoms with E-state index >= 15 is 0 Å². The van der Waals surface area contributed by atoms with Crippen molar-refractivity contribution in [1.82, 2.24) is 10.2 Å². The highest BCUT2D eigenvalue weighted by Crippen LogP contribution is 2.29. The minimum atomic E-state index is -0.821. The van der Waals surface area contributed by atoms with Crippen LogP contribution in [0.25, 0.3) is 0 Å². The van der Waals surface area contributed by atoms with Gasteiger partial charge in [-0.05, 0) is 38.5 Å². The predicted molar refractivity (Wildman–Crippen MR) is 73.5 cm³/mol. The molecule has 2 aliphatic heterocycles. The Labute approximate surface area is 119 Å². The number of carbonyl (C=O) groups is 2. The summed E-state index contributed by atoms with van der Waals surface area (Å²) in [7, 11) is 0. The Bertz CT molecular complexity index is 368. The number of nitrogens with zero attached hydrogens (tertiary/aromatic N) is 1. The highest BCUT2D eigenvalue weighted by molar-refractivity contribution is 5.78. The molecule has 2 rings (SSSR count). The maximum Gasteiger partial charge on any atom is 0.317 e. The molecule has 2 N–H and O–H groups in total. The summed E-state index contributed by atoms with van der Waals surface area (Å²) in [5, 5.41) is 12.1. The fourth-order valence-corrected chi connectivity index (χ4v) is 2.89. The van der Waals surface area contributed by atoms with Crippen molar-refractivity contribution in [2.45, 2.75) is 32.6 Å². The summed E-state index contributed by atoms with van der Waals surface area (Å²) in [6.07, 6.45) is 3.37. The average Bonchev–Trinajstić information content (AvgIpc) is 2.91. The van der Waals surface area contributed by atoms with Gasteiger partial charge in [0, 0.05) is 32.8 Å². The summed E-state index contributed by atoms with van der Waals surface area (Å²) in [5.41, 5.74) is -0.811. The molecule has 0 aliphatic carbocycles. The summed E-state index contributed by atoms with van der Waals surface area (Å²) >= 11 is 0. The lowest BCUT2D eigenvalue weighted by atomic mass is 9.82. The lowest BCUT2D eigenvalue weighted by Gasteiger charge is -2.37. The van der Waals surface area contributed by atoms with E-state index in [-0.39, 0.29) is 6.03 Å². The second-order valence-corrected chi connectivity index (χ2v) is 6.14. The number of carbonyl (C=O) groups excluding carboxylic acids is 1. The van der Waals surface area contributed by atoms with Gasteiger partial charge in [-0.2, -0.15) is 0 Å². The van der Waals surface area contributed by atoms with Crippen molar-refractivity contribution in [3.05, 3.63) is 0 Å². The SMILES string of the molecule is CC1(C(=O)O)CCCN(C(=O)NCCC2CCOC2)C1. The molecular formula is C14H24N2O4. The van der Waals surface area contributed by atoms with E-state index in [1.54, 1.807) is 11.8 Å². The largest absolute Gasteiger partial charge is 0.481 e. The summed E-state index contributed by atoms with van der Waals surface area (Å²) in [5.74, 6) is -0.279. The number of urea groups is 1. The lowest BCUT2D eigenvalue weighted by molar-refractivity contribution is -0.150.